The first kappa shape index (κ1) is 9.91. The van der Waals surface area contributed by atoms with E-state index in [-0.39, 0.29) is 11.6 Å². The molecule has 2 saturated heterocycles. The van der Waals surface area contributed by atoms with Crippen molar-refractivity contribution in [2.24, 2.45) is 0 Å². The maximum atomic E-state index is 9.29. The van der Waals surface area contributed by atoms with E-state index in [2.05, 4.69) is 16.3 Å². The summed E-state index contributed by atoms with van der Waals surface area (Å²) in [6.45, 7) is 6.51. The van der Waals surface area contributed by atoms with Crippen molar-refractivity contribution in [1.82, 2.24) is 10.2 Å². The molecule has 0 aromatic carbocycles. The summed E-state index contributed by atoms with van der Waals surface area (Å²) in [6.07, 6.45) is 1.08. The number of ether oxygens (including phenoxy) is 1. The number of hydrogen-bond acceptors (Lipinski definition) is 4. The summed E-state index contributed by atoms with van der Waals surface area (Å²) < 4.78 is 5.53. The largest absolute Gasteiger partial charge is 0.375 e. The molecule has 0 aromatic heterocycles. The number of nitriles is 1. The van der Waals surface area contributed by atoms with E-state index in [0.29, 0.717) is 6.61 Å². The second kappa shape index (κ2) is 3.85. The van der Waals surface area contributed by atoms with E-state index in [1.54, 1.807) is 0 Å². The quantitative estimate of drug-likeness (QED) is 0.638. The van der Waals surface area contributed by atoms with Crippen LogP contribution in [0.4, 0.5) is 0 Å². The molecular formula is C10H17N3O. The SMILES string of the molecule is CC1CC(C#N)(N2CCNCC2)CO1. The molecule has 0 spiro atoms. The molecule has 4 heteroatoms. The number of nitrogens with one attached hydrogen (secondary N) is 1. The normalized spacial score (nSPS) is 39.6. The Labute approximate surface area is 84.8 Å². The average Bonchev–Trinajstić information content (AvgIpc) is 2.63. The number of nitrogens with zero attached hydrogens (tertiary/aromatic N) is 2. The third-order valence-electron chi connectivity index (χ3n) is 3.16. The Morgan fingerprint density at radius 1 is 1.50 bits per heavy atom. The molecule has 2 aliphatic heterocycles. The summed E-state index contributed by atoms with van der Waals surface area (Å²) in [6, 6.07) is 2.45. The summed E-state index contributed by atoms with van der Waals surface area (Å²) in [7, 11) is 0. The summed E-state index contributed by atoms with van der Waals surface area (Å²) in [4.78, 5) is 2.27. The van der Waals surface area contributed by atoms with Crippen LogP contribution in [-0.2, 0) is 4.74 Å². The first-order valence-corrected chi connectivity index (χ1v) is 5.25. The van der Waals surface area contributed by atoms with Crippen LogP contribution in [0.3, 0.4) is 0 Å². The van der Waals surface area contributed by atoms with Gasteiger partial charge in [-0.3, -0.25) is 4.90 Å². The molecule has 2 heterocycles. The Balaban J connectivity index is 2.08. The zero-order valence-electron chi connectivity index (χ0n) is 8.62. The predicted molar refractivity (Wildman–Crippen MR) is 52.8 cm³/mol. The third kappa shape index (κ3) is 1.63. The molecule has 0 amide bonds. The van der Waals surface area contributed by atoms with Crippen molar-refractivity contribution < 1.29 is 4.74 Å². The highest BCUT2D eigenvalue weighted by Crippen LogP contribution is 2.29. The molecule has 78 valence electrons. The molecule has 2 atom stereocenters. The number of piperazine rings is 1. The van der Waals surface area contributed by atoms with Gasteiger partial charge in [0.2, 0.25) is 0 Å². The van der Waals surface area contributed by atoms with E-state index in [4.69, 9.17) is 4.74 Å². The molecular weight excluding hydrogens is 178 g/mol. The highest BCUT2D eigenvalue weighted by molar-refractivity contribution is 5.12. The molecule has 0 aliphatic carbocycles. The van der Waals surface area contributed by atoms with Gasteiger partial charge in [0.15, 0.2) is 0 Å². The van der Waals surface area contributed by atoms with Crippen LogP contribution in [-0.4, -0.2) is 49.3 Å². The molecule has 2 rings (SSSR count). The van der Waals surface area contributed by atoms with Crippen molar-refractivity contribution in [1.29, 1.82) is 5.26 Å². The van der Waals surface area contributed by atoms with Crippen molar-refractivity contribution in [2.45, 2.75) is 25.0 Å². The Bertz CT molecular complexity index is 244. The minimum absolute atomic E-state index is 0.226. The smallest absolute Gasteiger partial charge is 0.135 e. The van der Waals surface area contributed by atoms with Crippen LogP contribution >= 0.6 is 0 Å². The summed E-state index contributed by atoms with van der Waals surface area (Å²) in [5, 5.41) is 12.6. The molecule has 0 aromatic rings. The van der Waals surface area contributed by atoms with E-state index < -0.39 is 0 Å². The summed E-state index contributed by atoms with van der Waals surface area (Å²) >= 11 is 0. The fourth-order valence-corrected chi connectivity index (χ4v) is 2.34. The topological polar surface area (TPSA) is 48.3 Å². The standard InChI is InChI=1S/C10H17N3O/c1-9-6-10(7-11,8-14-9)13-4-2-12-3-5-13/h9,12H,2-6,8H2,1H3. The maximum Gasteiger partial charge on any atom is 0.135 e. The van der Waals surface area contributed by atoms with E-state index in [1.807, 2.05) is 6.92 Å². The molecule has 1 N–H and O–H groups in total. The number of hydrogen-bond donors (Lipinski definition) is 1. The Morgan fingerprint density at radius 2 is 2.21 bits per heavy atom. The van der Waals surface area contributed by atoms with E-state index >= 15 is 0 Å². The molecule has 14 heavy (non-hydrogen) atoms. The minimum atomic E-state index is -0.346. The molecule has 2 aliphatic rings. The molecule has 4 nitrogen and oxygen atoms in total. The summed E-state index contributed by atoms with van der Waals surface area (Å²) in [5.74, 6) is 0. The van der Waals surface area contributed by atoms with Gasteiger partial charge in [0.1, 0.15) is 5.54 Å². The van der Waals surface area contributed by atoms with Crippen LogP contribution in [0, 0.1) is 11.3 Å². The minimum Gasteiger partial charge on any atom is -0.375 e. The van der Waals surface area contributed by atoms with Crippen LogP contribution in [0.1, 0.15) is 13.3 Å². The van der Waals surface area contributed by atoms with Gasteiger partial charge in [-0.25, -0.2) is 0 Å². The van der Waals surface area contributed by atoms with Crippen LogP contribution in [0.5, 0.6) is 0 Å². The van der Waals surface area contributed by atoms with Crippen LogP contribution in [0.15, 0.2) is 0 Å². The monoisotopic (exact) mass is 195 g/mol. The second-order valence-corrected chi connectivity index (χ2v) is 4.21. The molecule has 2 fully saturated rings. The zero-order valence-corrected chi connectivity index (χ0v) is 8.62. The predicted octanol–water partition coefficient (Wildman–Crippen LogP) is -0.0372. The Morgan fingerprint density at radius 3 is 2.71 bits per heavy atom. The van der Waals surface area contributed by atoms with Gasteiger partial charge in [0, 0.05) is 32.6 Å². The molecule has 0 saturated carbocycles. The van der Waals surface area contributed by atoms with Gasteiger partial charge in [-0.2, -0.15) is 5.26 Å². The Kier molecular flexibility index (Phi) is 2.73. The van der Waals surface area contributed by atoms with E-state index in [1.165, 1.54) is 0 Å². The van der Waals surface area contributed by atoms with Gasteiger partial charge >= 0.3 is 0 Å². The van der Waals surface area contributed by atoms with Gasteiger partial charge in [-0.1, -0.05) is 0 Å². The van der Waals surface area contributed by atoms with E-state index in [9.17, 15) is 5.26 Å². The van der Waals surface area contributed by atoms with Crippen molar-refractivity contribution in [2.75, 3.05) is 32.8 Å². The second-order valence-electron chi connectivity index (χ2n) is 4.21. The first-order valence-electron chi connectivity index (χ1n) is 5.25. The van der Waals surface area contributed by atoms with Crippen molar-refractivity contribution in [3.05, 3.63) is 0 Å². The van der Waals surface area contributed by atoms with Gasteiger partial charge in [0.25, 0.3) is 0 Å². The maximum absolute atomic E-state index is 9.29. The van der Waals surface area contributed by atoms with Gasteiger partial charge in [-0.15, -0.1) is 0 Å². The van der Waals surface area contributed by atoms with Gasteiger partial charge in [-0.05, 0) is 6.92 Å². The highest BCUT2D eigenvalue weighted by Gasteiger charge is 2.44. The lowest BCUT2D eigenvalue weighted by Gasteiger charge is -2.37. The van der Waals surface area contributed by atoms with E-state index in [0.717, 1.165) is 32.6 Å². The lowest BCUT2D eigenvalue weighted by atomic mass is 9.95. The fraction of sp³-hybridized carbons (Fsp3) is 0.900. The molecule has 0 radical (unpaired) electrons. The van der Waals surface area contributed by atoms with Crippen molar-refractivity contribution >= 4 is 0 Å². The average molecular weight is 195 g/mol. The van der Waals surface area contributed by atoms with Crippen LogP contribution < -0.4 is 5.32 Å². The summed E-state index contributed by atoms with van der Waals surface area (Å²) in [5.41, 5.74) is -0.346. The first-order chi connectivity index (χ1) is 6.77. The zero-order chi connectivity index (χ0) is 10.0. The third-order valence-corrected chi connectivity index (χ3v) is 3.16. The van der Waals surface area contributed by atoms with Crippen LogP contribution in [0.25, 0.3) is 0 Å². The molecule has 2 unspecified atom stereocenters. The fourth-order valence-electron chi connectivity index (χ4n) is 2.34. The Hall–Kier alpha value is -0.630. The lowest BCUT2D eigenvalue weighted by molar-refractivity contribution is 0.0790. The van der Waals surface area contributed by atoms with Crippen LogP contribution in [0.2, 0.25) is 0 Å². The molecule has 0 bridgehead atoms. The van der Waals surface area contributed by atoms with Gasteiger partial charge in [0.05, 0.1) is 18.8 Å². The lowest BCUT2D eigenvalue weighted by Crippen LogP contribution is -2.56. The van der Waals surface area contributed by atoms with Crippen molar-refractivity contribution in [3.8, 4) is 6.07 Å². The van der Waals surface area contributed by atoms with Crippen molar-refractivity contribution in [3.63, 3.8) is 0 Å². The van der Waals surface area contributed by atoms with Gasteiger partial charge < -0.3 is 10.1 Å². The highest BCUT2D eigenvalue weighted by atomic mass is 16.5. The number of rotatable bonds is 1.